The monoisotopic (exact) mass is 264 g/mol. The topological polar surface area (TPSA) is 50.4 Å². The van der Waals surface area contributed by atoms with E-state index in [0.717, 1.165) is 30.0 Å². The Morgan fingerprint density at radius 2 is 2.11 bits per heavy atom. The van der Waals surface area contributed by atoms with Crippen LogP contribution in [0.25, 0.3) is 0 Å². The number of anilines is 1. The Morgan fingerprint density at radius 3 is 2.68 bits per heavy atom. The summed E-state index contributed by atoms with van der Waals surface area (Å²) in [5.74, 6) is 0.857. The summed E-state index contributed by atoms with van der Waals surface area (Å²) in [7, 11) is 1.63. The summed E-state index contributed by atoms with van der Waals surface area (Å²) in [6.45, 7) is 7.02. The van der Waals surface area contributed by atoms with Crippen LogP contribution in [0.3, 0.4) is 0 Å². The van der Waals surface area contributed by atoms with Gasteiger partial charge in [-0.15, -0.1) is 0 Å². The summed E-state index contributed by atoms with van der Waals surface area (Å²) in [6, 6.07) is 6.10. The minimum atomic E-state index is 0.0545. The molecule has 1 aromatic carbocycles. The number of hydrogen-bond donors (Lipinski definition) is 2. The van der Waals surface area contributed by atoms with Crippen molar-refractivity contribution in [2.75, 3.05) is 19.0 Å². The molecule has 0 aromatic heterocycles. The van der Waals surface area contributed by atoms with Crippen LogP contribution in [0.15, 0.2) is 18.2 Å². The normalized spacial score (nSPS) is 10.6. The van der Waals surface area contributed by atoms with Gasteiger partial charge in [0.05, 0.1) is 7.11 Å². The van der Waals surface area contributed by atoms with Gasteiger partial charge in [0.25, 0.3) is 0 Å². The summed E-state index contributed by atoms with van der Waals surface area (Å²) in [5, 5.41) is 6.22. The van der Waals surface area contributed by atoms with Crippen LogP contribution in [0, 0.1) is 6.92 Å². The van der Waals surface area contributed by atoms with Gasteiger partial charge in [-0.05, 0) is 43.7 Å². The fourth-order valence-corrected chi connectivity index (χ4v) is 1.76. The summed E-state index contributed by atoms with van der Waals surface area (Å²) < 4.78 is 5.14. The molecule has 0 heterocycles. The van der Waals surface area contributed by atoms with Gasteiger partial charge >= 0.3 is 0 Å². The zero-order chi connectivity index (χ0) is 14.3. The van der Waals surface area contributed by atoms with Gasteiger partial charge in [-0.1, -0.05) is 13.8 Å². The smallest absolute Gasteiger partial charge is 0.224 e. The summed E-state index contributed by atoms with van der Waals surface area (Å²) in [6.07, 6.45) is 1.38. The van der Waals surface area contributed by atoms with Crippen LogP contribution in [-0.4, -0.2) is 25.6 Å². The Bertz CT molecular complexity index is 417. The van der Waals surface area contributed by atoms with Crippen molar-refractivity contribution < 1.29 is 9.53 Å². The zero-order valence-electron chi connectivity index (χ0n) is 12.2. The minimum Gasteiger partial charge on any atom is -0.497 e. The maximum Gasteiger partial charge on any atom is 0.224 e. The molecule has 106 valence electrons. The minimum absolute atomic E-state index is 0.0545. The van der Waals surface area contributed by atoms with Crippen LogP contribution in [0.4, 0.5) is 5.69 Å². The lowest BCUT2D eigenvalue weighted by Gasteiger charge is -2.10. The molecule has 2 N–H and O–H groups in total. The van der Waals surface area contributed by atoms with E-state index in [1.165, 1.54) is 0 Å². The standard InChI is InChI=1S/C15H24N2O2/c1-11(2)16-9-5-6-15(18)17-14-8-7-13(19-4)10-12(14)3/h7-8,10-11,16H,5-6,9H2,1-4H3,(H,17,18). The third-order valence-electron chi connectivity index (χ3n) is 2.84. The third kappa shape index (κ3) is 5.75. The lowest BCUT2D eigenvalue weighted by molar-refractivity contribution is -0.116. The maximum absolute atomic E-state index is 11.8. The van der Waals surface area contributed by atoms with Crippen LogP contribution in [0.5, 0.6) is 5.75 Å². The number of carbonyl (C=O) groups is 1. The van der Waals surface area contributed by atoms with Gasteiger partial charge in [0.2, 0.25) is 5.91 Å². The summed E-state index contributed by atoms with van der Waals surface area (Å²) >= 11 is 0. The Labute approximate surface area is 115 Å². The number of ether oxygens (including phenoxy) is 1. The van der Waals surface area contributed by atoms with Crippen LogP contribution < -0.4 is 15.4 Å². The van der Waals surface area contributed by atoms with Crippen LogP contribution >= 0.6 is 0 Å². The number of carbonyl (C=O) groups excluding carboxylic acids is 1. The van der Waals surface area contributed by atoms with Crippen LogP contribution in [0.2, 0.25) is 0 Å². The molecule has 1 rings (SSSR count). The molecule has 0 fully saturated rings. The molecule has 0 aliphatic heterocycles. The second kappa shape index (κ2) is 7.79. The van der Waals surface area contributed by atoms with Gasteiger partial charge in [0.15, 0.2) is 0 Å². The molecule has 19 heavy (non-hydrogen) atoms. The van der Waals surface area contributed by atoms with Gasteiger partial charge in [-0.3, -0.25) is 4.79 Å². The average Bonchev–Trinajstić information content (AvgIpc) is 2.37. The van der Waals surface area contributed by atoms with E-state index in [0.29, 0.717) is 12.5 Å². The fraction of sp³-hybridized carbons (Fsp3) is 0.533. The zero-order valence-corrected chi connectivity index (χ0v) is 12.2. The molecular weight excluding hydrogens is 240 g/mol. The van der Waals surface area contributed by atoms with Crippen molar-refractivity contribution in [2.24, 2.45) is 0 Å². The first kappa shape index (κ1) is 15.5. The molecule has 0 bridgehead atoms. The Morgan fingerprint density at radius 1 is 1.37 bits per heavy atom. The molecule has 0 saturated carbocycles. The predicted octanol–water partition coefficient (Wildman–Crippen LogP) is 2.72. The fourth-order valence-electron chi connectivity index (χ4n) is 1.76. The van der Waals surface area contributed by atoms with Gasteiger partial charge in [0.1, 0.15) is 5.75 Å². The first-order valence-corrected chi connectivity index (χ1v) is 6.71. The Kier molecular flexibility index (Phi) is 6.36. The van der Waals surface area contributed by atoms with Crippen molar-refractivity contribution in [3.63, 3.8) is 0 Å². The van der Waals surface area contributed by atoms with E-state index in [-0.39, 0.29) is 5.91 Å². The van der Waals surface area contributed by atoms with E-state index in [1.54, 1.807) is 7.11 Å². The van der Waals surface area contributed by atoms with Crippen molar-refractivity contribution in [2.45, 2.75) is 39.7 Å². The highest BCUT2D eigenvalue weighted by Gasteiger charge is 2.05. The second-order valence-electron chi connectivity index (χ2n) is 4.94. The molecule has 4 heteroatoms. The molecule has 1 amide bonds. The SMILES string of the molecule is COc1ccc(NC(=O)CCCNC(C)C)c(C)c1. The Hall–Kier alpha value is -1.55. The quantitative estimate of drug-likeness (QED) is 0.744. The van der Waals surface area contributed by atoms with Crippen molar-refractivity contribution >= 4 is 11.6 Å². The van der Waals surface area contributed by atoms with E-state index >= 15 is 0 Å². The molecule has 0 spiro atoms. The molecule has 0 aliphatic rings. The molecule has 0 atom stereocenters. The number of hydrogen-bond acceptors (Lipinski definition) is 3. The predicted molar refractivity (Wildman–Crippen MR) is 78.7 cm³/mol. The first-order chi connectivity index (χ1) is 9.02. The van der Waals surface area contributed by atoms with Crippen molar-refractivity contribution in [3.05, 3.63) is 23.8 Å². The molecule has 0 aliphatic carbocycles. The summed E-state index contributed by atoms with van der Waals surface area (Å²) in [5.41, 5.74) is 1.86. The second-order valence-corrected chi connectivity index (χ2v) is 4.94. The van der Waals surface area contributed by atoms with E-state index in [2.05, 4.69) is 24.5 Å². The highest BCUT2D eigenvalue weighted by atomic mass is 16.5. The van der Waals surface area contributed by atoms with Crippen LogP contribution in [0.1, 0.15) is 32.3 Å². The van der Waals surface area contributed by atoms with E-state index in [1.807, 2.05) is 25.1 Å². The van der Waals surface area contributed by atoms with Crippen molar-refractivity contribution in [3.8, 4) is 5.75 Å². The number of nitrogens with one attached hydrogen (secondary N) is 2. The molecule has 1 aromatic rings. The largest absolute Gasteiger partial charge is 0.497 e. The lowest BCUT2D eigenvalue weighted by atomic mass is 10.2. The molecule has 0 saturated heterocycles. The van der Waals surface area contributed by atoms with Crippen molar-refractivity contribution in [1.82, 2.24) is 5.32 Å². The number of amides is 1. The van der Waals surface area contributed by atoms with Gasteiger partial charge in [-0.2, -0.15) is 0 Å². The van der Waals surface area contributed by atoms with Gasteiger partial charge in [0, 0.05) is 18.2 Å². The first-order valence-electron chi connectivity index (χ1n) is 6.71. The summed E-state index contributed by atoms with van der Waals surface area (Å²) in [4.78, 5) is 11.8. The van der Waals surface area contributed by atoms with E-state index < -0.39 is 0 Å². The van der Waals surface area contributed by atoms with E-state index in [4.69, 9.17) is 4.74 Å². The van der Waals surface area contributed by atoms with E-state index in [9.17, 15) is 4.79 Å². The van der Waals surface area contributed by atoms with Crippen LogP contribution in [-0.2, 0) is 4.79 Å². The van der Waals surface area contributed by atoms with Crippen molar-refractivity contribution in [1.29, 1.82) is 0 Å². The molecule has 0 unspecified atom stereocenters. The number of methoxy groups -OCH3 is 1. The number of rotatable bonds is 7. The highest BCUT2D eigenvalue weighted by molar-refractivity contribution is 5.91. The highest BCUT2D eigenvalue weighted by Crippen LogP contribution is 2.21. The maximum atomic E-state index is 11.8. The average molecular weight is 264 g/mol. The lowest BCUT2D eigenvalue weighted by Crippen LogP contribution is -2.24. The van der Waals surface area contributed by atoms with Gasteiger partial charge < -0.3 is 15.4 Å². The number of aryl methyl sites for hydroxylation is 1. The third-order valence-corrected chi connectivity index (χ3v) is 2.84. The molecule has 0 radical (unpaired) electrons. The molecule has 4 nitrogen and oxygen atoms in total. The molecular formula is C15H24N2O2. The number of benzene rings is 1. The Balaban J connectivity index is 2.40. The van der Waals surface area contributed by atoms with Gasteiger partial charge in [-0.25, -0.2) is 0 Å².